The molecule has 5 heteroatoms. The molecule has 4 rings (SSSR count). The minimum Gasteiger partial charge on any atom is -0.436 e. The van der Waals surface area contributed by atoms with Crippen LogP contribution in [0.3, 0.4) is 0 Å². The second kappa shape index (κ2) is 4.31. The van der Waals surface area contributed by atoms with Crippen LogP contribution >= 0.6 is 0 Å². The van der Waals surface area contributed by atoms with Crippen LogP contribution in [0.1, 0.15) is 0 Å². The van der Waals surface area contributed by atoms with Crippen molar-refractivity contribution in [3.63, 3.8) is 0 Å². The van der Waals surface area contributed by atoms with Crippen molar-refractivity contribution in [2.75, 3.05) is 0 Å². The lowest BCUT2D eigenvalue weighted by Gasteiger charge is -1.99. The Bertz CT molecular complexity index is 850. The highest BCUT2D eigenvalue weighted by atomic mass is 16.3. The quantitative estimate of drug-likeness (QED) is 0.557. The topological polar surface area (TPSA) is 56.7 Å². The lowest BCUT2D eigenvalue weighted by Crippen LogP contribution is -1.88. The molecular weight excluding hydrogens is 252 g/mol. The molecule has 96 valence electrons. The standard InChI is InChI=1S/C15H10N4O/c1-2-11(9-16-5-1)15-18-13-8-12(3-4-14(13)20-15)19-7-6-17-10-19/h1-10H. The van der Waals surface area contributed by atoms with Gasteiger partial charge in [-0.25, -0.2) is 9.97 Å². The fourth-order valence-electron chi connectivity index (χ4n) is 2.10. The van der Waals surface area contributed by atoms with E-state index in [1.54, 1.807) is 24.9 Å². The summed E-state index contributed by atoms with van der Waals surface area (Å²) in [6, 6.07) is 9.65. The van der Waals surface area contributed by atoms with Crippen molar-refractivity contribution in [1.82, 2.24) is 19.5 Å². The molecule has 0 spiro atoms. The molecule has 1 aromatic carbocycles. The maximum atomic E-state index is 5.75. The van der Waals surface area contributed by atoms with Crippen molar-refractivity contribution >= 4 is 11.1 Å². The Morgan fingerprint density at radius 2 is 2.05 bits per heavy atom. The Hall–Kier alpha value is -2.95. The van der Waals surface area contributed by atoms with Gasteiger partial charge in [0.05, 0.1) is 11.9 Å². The van der Waals surface area contributed by atoms with Crippen LogP contribution in [0.4, 0.5) is 0 Å². The molecule has 0 radical (unpaired) electrons. The lowest BCUT2D eigenvalue weighted by molar-refractivity contribution is 0.619. The predicted molar refractivity (Wildman–Crippen MR) is 74.4 cm³/mol. The van der Waals surface area contributed by atoms with Crippen LogP contribution in [0.2, 0.25) is 0 Å². The van der Waals surface area contributed by atoms with Gasteiger partial charge in [-0.05, 0) is 30.3 Å². The van der Waals surface area contributed by atoms with Gasteiger partial charge in [-0.3, -0.25) is 4.98 Å². The van der Waals surface area contributed by atoms with Crippen molar-refractivity contribution in [3.8, 4) is 17.1 Å². The average Bonchev–Trinajstić information content (AvgIpc) is 3.16. The first-order valence-corrected chi connectivity index (χ1v) is 6.19. The van der Waals surface area contributed by atoms with Gasteiger partial charge in [-0.15, -0.1) is 0 Å². The van der Waals surface area contributed by atoms with Gasteiger partial charge in [-0.1, -0.05) is 0 Å². The van der Waals surface area contributed by atoms with Crippen LogP contribution in [0.25, 0.3) is 28.2 Å². The van der Waals surface area contributed by atoms with Crippen LogP contribution in [-0.4, -0.2) is 19.5 Å². The van der Waals surface area contributed by atoms with E-state index in [4.69, 9.17) is 4.42 Å². The molecule has 20 heavy (non-hydrogen) atoms. The molecule has 0 atom stereocenters. The van der Waals surface area contributed by atoms with Gasteiger partial charge in [0, 0.05) is 30.5 Å². The van der Waals surface area contributed by atoms with Gasteiger partial charge in [0.2, 0.25) is 5.89 Å². The molecule has 0 saturated carbocycles. The van der Waals surface area contributed by atoms with Crippen molar-refractivity contribution in [2.24, 2.45) is 0 Å². The summed E-state index contributed by atoms with van der Waals surface area (Å²) in [4.78, 5) is 12.6. The number of imidazole rings is 1. The van der Waals surface area contributed by atoms with E-state index in [0.717, 1.165) is 22.4 Å². The number of nitrogens with zero attached hydrogens (tertiary/aromatic N) is 4. The fourth-order valence-corrected chi connectivity index (χ4v) is 2.10. The third-order valence-electron chi connectivity index (χ3n) is 3.08. The predicted octanol–water partition coefficient (Wildman–Crippen LogP) is 3.08. The number of hydrogen-bond donors (Lipinski definition) is 0. The Morgan fingerprint density at radius 3 is 2.85 bits per heavy atom. The summed E-state index contributed by atoms with van der Waals surface area (Å²) < 4.78 is 7.68. The van der Waals surface area contributed by atoms with Crippen molar-refractivity contribution in [3.05, 3.63) is 61.4 Å². The van der Waals surface area contributed by atoms with Gasteiger partial charge in [0.1, 0.15) is 5.52 Å². The molecule has 0 N–H and O–H groups in total. The zero-order chi connectivity index (χ0) is 13.4. The SMILES string of the molecule is c1cncc(-c2nc3cc(-n4ccnc4)ccc3o2)c1. The minimum atomic E-state index is 0.580. The normalized spacial score (nSPS) is 11.0. The van der Waals surface area contributed by atoms with Crippen molar-refractivity contribution in [1.29, 1.82) is 0 Å². The molecule has 0 aliphatic carbocycles. The van der Waals surface area contributed by atoms with Gasteiger partial charge in [0.15, 0.2) is 5.58 Å². The Labute approximate surface area is 114 Å². The fraction of sp³-hybridized carbons (Fsp3) is 0. The van der Waals surface area contributed by atoms with E-state index in [1.807, 2.05) is 41.1 Å². The molecule has 5 nitrogen and oxygen atoms in total. The third-order valence-corrected chi connectivity index (χ3v) is 3.08. The first-order chi connectivity index (χ1) is 9.90. The van der Waals surface area contributed by atoms with Gasteiger partial charge in [-0.2, -0.15) is 0 Å². The summed E-state index contributed by atoms with van der Waals surface area (Å²) in [6.45, 7) is 0. The van der Waals surface area contributed by atoms with E-state index in [-0.39, 0.29) is 0 Å². The lowest BCUT2D eigenvalue weighted by atomic mass is 10.3. The molecule has 0 aliphatic heterocycles. The van der Waals surface area contributed by atoms with Crippen LogP contribution in [-0.2, 0) is 0 Å². The molecule has 0 saturated heterocycles. The molecule has 0 aliphatic rings. The monoisotopic (exact) mass is 262 g/mol. The summed E-state index contributed by atoms with van der Waals surface area (Å²) in [5, 5.41) is 0. The first kappa shape index (κ1) is 10.9. The largest absolute Gasteiger partial charge is 0.436 e. The van der Waals surface area contributed by atoms with Crippen molar-refractivity contribution < 1.29 is 4.42 Å². The van der Waals surface area contributed by atoms with Crippen LogP contribution in [0.15, 0.2) is 65.9 Å². The van der Waals surface area contributed by atoms with E-state index in [0.29, 0.717) is 5.89 Å². The molecule has 3 heterocycles. The molecule has 0 fully saturated rings. The molecule has 0 unspecified atom stereocenters. The number of rotatable bonds is 2. The summed E-state index contributed by atoms with van der Waals surface area (Å²) in [5.74, 6) is 0.580. The van der Waals surface area contributed by atoms with Crippen LogP contribution in [0, 0.1) is 0 Å². The second-order valence-corrected chi connectivity index (χ2v) is 4.38. The molecule has 3 aromatic heterocycles. The first-order valence-electron chi connectivity index (χ1n) is 6.19. The number of benzene rings is 1. The Balaban J connectivity index is 1.84. The molecule has 4 aromatic rings. The highest BCUT2D eigenvalue weighted by Crippen LogP contribution is 2.25. The van der Waals surface area contributed by atoms with E-state index < -0.39 is 0 Å². The summed E-state index contributed by atoms with van der Waals surface area (Å²) in [6.07, 6.45) is 8.85. The maximum absolute atomic E-state index is 5.75. The Morgan fingerprint density at radius 1 is 1.05 bits per heavy atom. The molecular formula is C15H10N4O. The third kappa shape index (κ3) is 1.76. The highest BCUT2D eigenvalue weighted by Gasteiger charge is 2.09. The average molecular weight is 262 g/mol. The summed E-state index contributed by atoms with van der Waals surface area (Å²) in [5.41, 5.74) is 3.44. The van der Waals surface area contributed by atoms with E-state index >= 15 is 0 Å². The zero-order valence-electron chi connectivity index (χ0n) is 10.5. The van der Waals surface area contributed by atoms with E-state index in [2.05, 4.69) is 15.0 Å². The molecule has 0 amide bonds. The van der Waals surface area contributed by atoms with Gasteiger partial charge >= 0.3 is 0 Å². The summed E-state index contributed by atoms with van der Waals surface area (Å²) in [7, 11) is 0. The summed E-state index contributed by atoms with van der Waals surface area (Å²) >= 11 is 0. The number of hydrogen-bond acceptors (Lipinski definition) is 4. The maximum Gasteiger partial charge on any atom is 0.228 e. The van der Waals surface area contributed by atoms with Crippen LogP contribution in [0.5, 0.6) is 0 Å². The van der Waals surface area contributed by atoms with E-state index in [1.165, 1.54) is 0 Å². The van der Waals surface area contributed by atoms with E-state index in [9.17, 15) is 0 Å². The zero-order valence-corrected chi connectivity index (χ0v) is 10.5. The minimum absolute atomic E-state index is 0.580. The van der Waals surface area contributed by atoms with Crippen LogP contribution < -0.4 is 0 Å². The van der Waals surface area contributed by atoms with Gasteiger partial charge in [0.25, 0.3) is 0 Å². The number of pyridine rings is 1. The highest BCUT2D eigenvalue weighted by molar-refractivity contribution is 5.78. The number of fused-ring (bicyclic) bond motifs is 1. The number of oxazole rings is 1. The van der Waals surface area contributed by atoms with Crippen molar-refractivity contribution in [2.45, 2.75) is 0 Å². The number of aromatic nitrogens is 4. The van der Waals surface area contributed by atoms with Gasteiger partial charge < -0.3 is 8.98 Å². The Kier molecular flexibility index (Phi) is 2.35. The second-order valence-electron chi connectivity index (χ2n) is 4.38. The molecule has 0 bridgehead atoms. The smallest absolute Gasteiger partial charge is 0.228 e.